The first-order valence-electron chi connectivity index (χ1n) is 9.11. The number of hydrogen-bond acceptors (Lipinski definition) is 4. The smallest absolute Gasteiger partial charge is 0.174 e. The van der Waals surface area contributed by atoms with Crippen LogP contribution in [0, 0.1) is 5.82 Å². The molecule has 0 unspecified atom stereocenters. The van der Waals surface area contributed by atoms with Crippen molar-refractivity contribution in [1.29, 1.82) is 0 Å². The van der Waals surface area contributed by atoms with Crippen LogP contribution in [0.25, 0.3) is 0 Å². The number of halogens is 2. The number of rotatable bonds is 7. The fourth-order valence-corrected chi connectivity index (χ4v) is 3.34. The zero-order valence-electron chi connectivity index (χ0n) is 16.6. The molecule has 30 heavy (non-hydrogen) atoms. The zero-order chi connectivity index (χ0) is 21.5. The predicted octanol–water partition coefficient (Wildman–Crippen LogP) is 5.29. The first-order valence-corrected chi connectivity index (χ1v) is 9.90. The Morgan fingerprint density at radius 2 is 1.97 bits per heavy atom. The molecule has 5 nitrogen and oxygen atoms in total. The highest BCUT2D eigenvalue weighted by Crippen LogP contribution is 2.30. The summed E-state index contributed by atoms with van der Waals surface area (Å²) in [6, 6.07) is 13.7. The molecule has 8 heteroatoms. The minimum Gasteiger partial charge on any atom is -0.497 e. The minimum absolute atomic E-state index is 0.185. The zero-order valence-corrected chi connectivity index (χ0v) is 18.1. The second-order valence-corrected chi connectivity index (χ2v) is 7.21. The van der Waals surface area contributed by atoms with Crippen LogP contribution < -0.4 is 14.8 Å². The molecule has 0 fully saturated rings. The highest BCUT2D eigenvalue weighted by atomic mass is 35.5. The van der Waals surface area contributed by atoms with E-state index in [4.69, 9.17) is 33.3 Å². The number of nitrogens with one attached hydrogen (secondary N) is 1. The van der Waals surface area contributed by atoms with Crippen molar-refractivity contribution in [3.8, 4) is 11.5 Å². The van der Waals surface area contributed by atoms with Crippen molar-refractivity contribution in [2.45, 2.75) is 13.1 Å². The number of aromatic nitrogens is 1. The van der Waals surface area contributed by atoms with Crippen molar-refractivity contribution in [3.63, 3.8) is 0 Å². The van der Waals surface area contributed by atoms with Gasteiger partial charge in [0.25, 0.3) is 0 Å². The quantitative estimate of drug-likeness (QED) is 0.498. The number of anilines is 1. The second kappa shape index (κ2) is 10.2. The molecule has 0 spiro atoms. The normalized spacial score (nSPS) is 10.4. The lowest BCUT2D eigenvalue weighted by Crippen LogP contribution is -2.34. The van der Waals surface area contributed by atoms with Gasteiger partial charge in [0.15, 0.2) is 5.11 Å². The van der Waals surface area contributed by atoms with E-state index in [2.05, 4.69) is 10.3 Å². The van der Waals surface area contributed by atoms with E-state index < -0.39 is 0 Å². The molecule has 0 aliphatic rings. The number of pyridine rings is 1. The Kier molecular flexibility index (Phi) is 7.43. The van der Waals surface area contributed by atoms with Gasteiger partial charge in [-0.05, 0) is 48.1 Å². The Bertz CT molecular complexity index is 1000. The first kappa shape index (κ1) is 21.8. The van der Waals surface area contributed by atoms with Gasteiger partial charge in [0.2, 0.25) is 0 Å². The number of methoxy groups -OCH3 is 2. The van der Waals surface area contributed by atoms with E-state index in [-0.39, 0.29) is 12.4 Å². The summed E-state index contributed by atoms with van der Waals surface area (Å²) < 4.78 is 25.1. The van der Waals surface area contributed by atoms with Crippen LogP contribution in [0.3, 0.4) is 0 Å². The van der Waals surface area contributed by atoms with Gasteiger partial charge in [0.1, 0.15) is 17.3 Å². The van der Waals surface area contributed by atoms with Crippen LogP contribution in [0.5, 0.6) is 11.5 Å². The van der Waals surface area contributed by atoms with Crippen molar-refractivity contribution in [2.75, 3.05) is 19.5 Å². The highest BCUT2D eigenvalue weighted by molar-refractivity contribution is 7.80. The lowest BCUT2D eigenvalue weighted by Gasteiger charge is -2.27. The van der Waals surface area contributed by atoms with Gasteiger partial charge in [-0.3, -0.25) is 4.98 Å². The standard InChI is InChI=1S/C22H21ClFN3O2S/c1-28-16-8-9-20(21(11-16)29-2)26-22(30)27(13-15-5-4-10-25-12-15)14-17-18(23)6-3-7-19(17)24/h3-12H,13-14H2,1-2H3,(H,26,30). The summed E-state index contributed by atoms with van der Waals surface area (Å²) >= 11 is 11.9. The van der Waals surface area contributed by atoms with E-state index in [1.807, 2.05) is 23.1 Å². The largest absolute Gasteiger partial charge is 0.497 e. The third kappa shape index (κ3) is 5.37. The van der Waals surface area contributed by atoms with Gasteiger partial charge in [0, 0.05) is 42.1 Å². The molecule has 156 valence electrons. The maximum Gasteiger partial charge on any atom is 0.174 e. The molecule has 0 atom stereocenters. The predicted molar refractivity (Wildman–Crippen MR) is 121 cm³/mol. The maximum atomic E-state index is 14.4. The Morgan fingerprint density at radius 1 is 1.13 bits per heavy atom. The molecule has 2 aromatic carbocycles. The Hall–Kier alpha value is -2.90. The highest BCUT2D eigenvalue weighted by Gasteiger charge is 2.17. The topological polar surface area (TPSA) is 46.6 Å². The molecule has 0 aliphatic carbocycles. The van der Waals surface area contributed by atoms with Crippen LogP contribution in [0.1, 0.15) is 11.1 Å². The third-order valence-electron chi connectivity index (χ3n) is 4.44. The van der Waals surface area contributed by atoms with Gasteiger partial charge in [-0.15, -0.1) is 0 Å². The molecule has 0 saturated carbocycles. The molecule has 0 amide bonds. The molecule has 0 radical (unpaired) electrons. The molecular formula is C22H21ClFN3O2S. The second-order valence-electron chi connectivity index (χ2n) is 6.41. The van der Waals surface area contributed by atoms with Crippen molar-refractivity contribution in [3.05, 3.63) is 82.9 Å². The lowest BCUT2D eigenvalue weighted by atomic mass is 10.2. The van der Waals surface area contributed by atoms with Gasteiger partial charge in [-0.1, -0.05) is 23.7 Å². The maximum absolute atomic E-state index is 14.4. The average Bonchev–Trinajstić information content (AvgIpc) is 2.76. The van der Waals surface area contributed by atoms with Gasteiger partial charge in [-0.25, -0.2) is 4.39 Å². The Balaban J connectivity index is 1.88. The summed E-state index contributed by atoms with van der Waals surface area (Å²) in [5, 5.41) is 3.92. The summed E-state index contributed by atoms with van der Waals surface area (Å²) in [5.41, 5.74) is 1.96. The number of thiocarbonyl (C=S) groups is 1. The number of hydrogen-bond donors (Lipinski definition) is 1. The van der Waals surface area contributed by atoms with Gasteiger partial charge in [0.05, 0.1) is 19.9 Å². The van der Waals surface area contributed by atoms with E-state index in [0.717, 1.165) is 5.56 Å². The average molecular weight is 446 g/mol. The number of benzene rings is 2. The molecule has 1 aromatic heterocycles. The van der Waals surface area contributed by atoms with E-state index in [1.165, 1.54) is 6.07 Å². The van der Waals surface area contributed by atoms with Gasteiger partial charge < -0.3 is 19.7 Å². The van der Waals surface area contributed by atoms with E-state index in [9.17, 15) is 4.39 Å². The number of nitrogens with zero attached hydrogens (tertiary/aromatic N) is 2. The summed E-state index contributed by atoms with van der Waals surface area (Å²) in [5.74, 6) is 0.846. The summed E-state index contributed by atoms with van der Waals surface area (Å²) in [6.07, 6.45) is 3.44. The van der Waals surface area contributed by atoms with Crippen LogP contribution in [-0.4, -0.2) is 29.2 Å². The van der Waals surface area contributed by atoms with Gasteiger partial charge >= 0.3 is 0 Å². The molecule has 3 rings (SSSR count). The van der Waals surface area contributed by atoms with Crippen LogP contribution in [0.15, 0.2) is 60.9 Å². The lowest BCUT2D eigenvalue weighted by molar-refractivity contribution is 0.393. The van der Waals surface area contributed by atoms with Crippen molar-refractivity contribution >= 4 is 34.6 Å². The van der Waals surface area contributed by atoms with Crippen LogP contribution in [0.2, 0.25) is 5.02 Å². The van der Waals surface area contributed by atoms with Gasteiger partial charge in [-0.2, -0.15) is 0 Å². The van der Waals surface area contributed by atoms with Crippen molar-refractivity contribution in [2.24, 2.45) is 0 Å². The summed E-state index contributed by atoms with van der Waals surface area (Å²) in [4.78, 5) is 5.97. The van der Waals surface area contributed by atoms with E-state index >= 15 is 0 Å². The summed E-state index contributed by atoms with van der Waals surface area (Å²) in [7, 11) is 3.15. The van der Waals surface area contributed by atoms with Crippen LogP contribution in [-0.2, 0) is 13.1 Å². The third-order valence-corrected chi connectivity index (χ3v) is 5.16. The van der Waals surface area contributed by atoms with Crippen molar-refractivity contribution < 1.29 is 13.9 Å². The fourth-order valence-electron chi connectivity index (χ4n) is 2.88. The van der Waals surface area contributed by atoms with Crippen LogP contribution in [0.4, 0.5) is 10.1 Å². The fraction of sp³-hybridized carbons (Fsp3) is 0.182. The molecule has 3 aromatic rings. The molecule has 1 heterocycles. The molecular weight excluding hydrogens is 425 g/mol. The molecule has 1 N–H and O–H groups in total. The van der Waals surface area contributed by atoms with E-state index in [0.29, 0.717) is 39.4 Å². The molecule has 0 aliphatic heterocycles. The monoisotopic (exact) mass is 445 g/mol. The first-order chi connectivity index (χ1) is 14.5. The van der Waals surface area contributed by atoms with E-state index in [1.54, 1.807) is 50.9 Å². The molecule has 0 bridgehead atoms. The molecule has 0 saturated heterocycles. The van der Waals surface area contributed by atoms with Crippen molar-refractivity contribution in [1.82, 2.24) is 9.88 Å². The van der Waals surface area contributed by atoms with Crippen LogP contribution >= 0.6 is 23.8 Å². The SMILES string of the molecule is COc1ccc(NC(=S)N(Cc2cccnc2)Cc2c(F)cccc2Cl)c(OC)c1. The Morgan fingerprint density at radius 3 is 2.63 bits per heavy atom. The number of ether oxygens (including phenoxy) is 2. The minimum atomic E-state index is -0.386. The summed E-state index contributed by atoms with van der Waals surface area (Å²) in [6.45, 7) is 0.605. The Labute approximate surface area is 185 Å².